The Morgan fingerprint density at radius 2 is 1.90 bits per heavy atom. The largest absolute Gasteiger partial charge is 0.373 e. The van der Waals surface area contributed by atoms with Crippen LogP contribution in [0.5, 0.6) is 0 Å². The minimum absolute atomic E-state index is 0.0314. The van der Waals surface area contributed by atoms with Crippen LogP contribution in [0.2, 0.25) is 0 Å². The lowest BCUT2D eigenvalue weighted by atomic mass is 10.1. The Morgan fingerprint density at radius 3 is 2.50 bits per heavy atom. The van der Waals surface area contributed by atoms with Crippen molar-refractivity contribution in [1.82, 2.24) is 4.98 Å². The molecule has 0 aliphatic heterocycles. The fourth-order valence-electron chi connectivity index (χ4n) is 1.76. The SMILES string of the molecule is CNc1ccc([N+](=O)[O-])c(NCc2ccc(C)cc2)n1. The van der Waals surface area contributed by atoms with E-state index >= 15 is 0 Å². The van der Waals surface area contributed by atoms with Gasteiger partial charge in [0, 0.05) is 19.7 Å². The van der Waals surface area contributed by atoms with Crippen LogP contribution in [-0.4, -0.2) is 17.0 Å². The molecule has 0 aliphatic rings. The summed E-state index contributed by atoms with van der Waals surface area (Å²) in [6, 6.07) is 11.0. The Morgan fingerprint density at radius 1 is 1.20 bits per heavy atom. The second-order valence-corrected chi connectivity index (χ2v) is 4.41. The number of hydrogen-bond acceptors (Lipinski definition) is 5. The second kappa shape index (κ2) is 6.01. The summed E-state index contributed by atoms with van der Waals surface area (Å²) in [6.45, 7) is 2.50. The average Bonchev–Trinajstić information content (AvgIpc) is 2.46. The number of nitrogens with zero attached hydrogens (tertiary/aromatic N) is 2. The third-order valence-corrected chi connectivity index (χ3v) is 2.91. The van der Waals surface area contributed by atoms with Crippen molar-refractivity contribution in [3.63, 3.8) is 0 Å². The second-order valence-electron chi connectivity index (χ2n) is 4.41. The van der Waals surface area contributed by atoms with Gasteiger partial charge in [0.15, 0.2) is 0 Å². The van der Waals surface area contributed by atoms with E-state index in [0.717, 1.165) is 5.56 Å². The predicted octanol–water partition coefficient (Wildman–Crippen LogP) is 2.95. The van der Waals surface area contributed by atoms with E-state index in [2.05, 4.69) is 15.6 Å². The molecule has 0 aliphatic carbocycles. The maximum Gasteiger partial charge on any atom is 0.311 e. The van der Waals surface area contributed by atoms with Crippen LogP contribution in [0.25, 0.3) is 0 Å². The van der Waals surface area contributed by atoms with E-state index in [1.165, 1.54) is 11.6 Å². The van der Waals surface area contributed by atoms with Gasteiger partial charge in [0.05, 0.1) is 4.92 Å². The number of hydrogen-bond donors (Lipinski definition) is 2. The number of benzene rings is 1. The summed E-state index contributed by atoms with van der Waals surface area (Å²) in [5.74, 6) is 0.851. The maximum atomic E-state index is 11.0. The van der Waals surface area contributed by atoms with Crippen molar-refractivity contribution in [3.8, 4) is 0 Å². The van der Waals surface area contributed by atoms with Gasteiger partial charge < -0.3 is 10.6 Å². The van der Waals surface area contributed by atoms with Gasteiger partial charge in [0.2, 0.25) is 5.82 Å². The molecule has 2 rings (SSSR count). The standard InChI is InChI=1S/C14H16N4O2/c1-10-3-5-11(6-4-10)9-16-14-12(18(19)20)7-8-13(15-2)17-14/h3-8H,9H2,1-2H3,(H2,15,16,17). The van der Waals surface area contributed by atoms with Gasteiger partial charge >= 0.3 is 5.69 Å². The highest BCUT2D eigenvalue weighted by atomic mass is 16.6. The van der Waals surface area contributed by atoms with E-state index in [-0.39, 0.29) is 11.5 Å². The molecule has 0 fully saturated rings. The van der Waals surface area contributed by atoms with Gasteiger partial charge in [-0.05, 0) is 18.6 Å². The normalized spacial score (nSPS) is 10.1. The topological polar surface area (TPSA) is 80.1 Å². The first kappa shape index (κ1) is 13.8. The molecule has 20 heavy (non-hydrogen) atoms. The lowest BCUT2D eigenvalue weighted by Crippen LogP contribution is -2.06. The smallest absolute Gasteiger partial charge is 0.311 e. The zero-order valence-electron chi connectivity index (χ0n) is 11.4. The Balaban J connectivity index is 2.18. The highest BCUT2D eigenvalue weighted by Crippen LogP contribution is 2.24. The summed E-state index contributed by atoms with van der Waals surface area (Å²) in [6.07, 6.45) is 0. The number of anilines is 2. The minimum atomic E-state index is -0.441. The van der Waals surface area contributed by atoms with Crippen molar-refractivity contribution in [2.24, 2.45) is 0 Å². The summed E-state index contributed by atoms with van der Waals surface area (Å²) in [5.41, 5.74) is 2.19. The van der Waals surface area contributed by atoms with Crippen LogP contribution in [0.1, 0.15) is 11.1 Å². The van der Waals surface area contributed by atoms with Crippen LogP contribution >= 0.6 is 0 Å². The Hall–Kier alpha value is -2.63. The maximum absolute atomic E-state index is 11.0. The minimum Gasteiger partial charge on any atom is -0.373 e. The van der Waals surface area contributed by atoms with Gasteiger partial charge in [-0.1, -0.05) is 29.8 Å². The molecular formula is C14H16N4O2. The van der Waals surface area contributed by atoms with E-state index < -0.39 is 4.92 Å². The molecule has 0 saturated carbocycles. The highest BCUT2D eigenvalue weighted by Gasteiger charge is 2.15. The number of nitro groups is 1. The third kappa shape index (κ3) is 3.23. The molecule has 0 spiro atoms. The summed E-state index contributed by atoms with van der Waals surface area (Å²) in [4.78, 5) is 14.7. The molecule has 0 unspecified atom stereocenters. The monoisotopic (exact) mass is 272 g/mol. The van der Waals surface area contributed by atoms with Crippen molar-refractivity contribution in [1.29, 1.82) is 0 Å². The summed E-state index contributed by atoms with van der Waals surface area (Å²) in [5, 5.41) is 16.9. The summed E-state index contributed by atoms with van der Waals surface area (Å²) in [7, 11) is 1.72. The zero-order chi connectivity index (χ0) is 14.5. The molecular weight excluding hydrogens is 256 g/mol. The molecule has 1 aromatic carbocycles. The number of pyridine rings is 1. The van der Waals surface area contributed by atoms with Crippen molar-refractivity contribution < 1.29 is 4.92 Å². The highest BCUT2D eigenvalue weighted by molar-refractivity contribution is 5.60. The fourth-order valence-corrected chi connectivity index (χ4v) is 1.76. The molecule has 0 atom stereocenters. The van der Waals surface area contributed by atoms with E-state index in [4.69, 9.17) is 0 Å². The first-order chi connectivity index (χ1) is 9.60. The van der Waals surface area contributed by atoms with Crippen LogP contribution in [-0.2, 0) is 6.54 Å². The van der Waals surface area contributed by atoms with Gasteiger partial charge in [0.1, 0.15) is 5.82 Å². The first-order valence-corrected chi connectivity index (χ1v) is 6.23. The van der Waals surface area contributed by atoms with Crippen LogP contribution in [0.15, 0.2) is 36.4 Å². The van der Waals surface area contributed by atoms with E-state index in [1.54, 1.807) is 13.1 Å². The van der Waals surface area contributed by atoms with Crippen LogP contribution < -0.4 is 10.6 Å². The third-order valence-electron chi connectivity index (χ3n) is 2.91. The molecule has 1 aromatic heterocycles. The van der Waals surface area contributed by atoms with E-state index in [0.29, 0.717) is 12.4 Å². The van der Waals surface area contributed by atoms with Crippen molar-refractivity contribution in [3.05, 3.63) is 57.6 Å². The number of nitrogens with one attached hydrogen (secondary N) is 2. The van der Waals surface area contributed by atoms with E-state index in [1.807, 2.05) is 31.2 Å². The Bertz CT molecular complexity index is 611. The Labute approximate surface area is 117 Å². The predicted molar refractivity (Wildman–Crippen MR) is 78.9 cm³/mol. The first-order valence-electron chi connectivity index (χ1n) is 6.23. The summed E-state index contributed by atoms with van der Waals surface area (Å²) >= 11 is 0. The van der Waals surface area contributed by atoms with Crippen molar-refractivity contribution in [2.45, 2.75) is 13.5 Å². The lowest BCUT2D eigenvalue weighted by Gasteiger charge is -2.08. The fraction of sp³-hybridized carbons (Fsp3) is 0.214. The average molecular weight is 272 g/mol. The van der Waals surface area contributed by atoms with Gasteiger partial charge in [0.25, 0.3) is 0 Å². The Kier molecular flexibility index (Phi) is 4.14. The quantitative estimate of drug-likeness (QED) is 0.646. The molecule has 104 valence electrons. The van der Waals surface area contributed by atoms with Crippen LogP contribution in [0, 0.1) is 17.0 Å². The molecule has 2 aromatic rings. The van der Waals surface area contributed by atoms with Crippen molar-refractivity contribution >= 4 is 17.3 Å². The molecule has 0 amide bonds. The number of aromatic nitrogens is 1. The van der Waals surface area contributed by atoms with Crippen LogP contribution in [0.4, 0.5) is 17.3 Å². The zero-order valence-corrected chi connectivity index (χ0v) is 11.4. The van der Waals surface area contributed by atoms with Crippen LogP contribution in [0.3, 0.4) is 0 Å². The van der Waals surface area contributed by atoms with E-state index in [9.17, 15) is 10.1 Å². The lowest BCUT2D eigenvalue weighted by molar-refractivity contribution is -0.384. The molecule has 6 nitrogen and oxygen atoms in total. The molecule has 6 heteroatoms. The summed E-state index contributed by atoms with van der Waals surface area (Å²) < 4.78 is 0. The number of rotatable bonds is 5. The van der Waals surface area contributed by atoms with Gasteiger partial charge in [-0.25, -0.2) is 4.98 Å². The molecule has 0 saturated heterocycles. The molecule has 1 heterocycles. The van der Waals surface area contributed by atoms with Gasteiger partial charge in [-0.15, -0.1) is 0 Å². The molecule has 2 N–H and O–H groups in total. The van der Waals surface area contributed by atoms with Gasteiger partial charge in [-0.2, -0.15) is 0 Å². The molecule has 0 bridgehead atoms. The number of aryl methyl sites for hydroxylation is 1. The van der Waals surface area contributed by atoms with Crippen molar-refractivity contribution in [2.75, 3.05) is 17.7 Å². The molecule has 0 radical (unpaired) electrons. The van der Waals surface area contributed by atoms with Gasteiger partial charge in [-0.3, -0.25) is 10.1 Å².